The molecule has 12 heteroatoms. The summed E-state index contributed by atoms with van der Waals surface area (Å²) in [5.41, 5.74) is 14.7. The van der Waals surface area contributed by atoms with Crippen molar-refractivity contribution in [1.29, 1.82) is 0 Å². The highest BCUT2D eigenvalue weighted by Crippen LogP contribution is 2.44. The van der Waals surface area contributed by atoms with Crippen molar-refractivity contribution < 1.29 is 47.5 Å². The van der Waals surface area contributed by atoms with Crippen LogP contribution < -0.4 is 49.4 Å². The van der Waals surface area contributed by atoms with Gasteiger partial charge in [-0.3, -0.25) is 0 Å². The van der Waals surface area contributed by atoms with E-state index in [9.17, 15) is 9.59 Å². The van der Waals surface area contributed by atoms with Crippen LogP contribution in [0.3, 0.4) is 0 Å². The first-order valence-electron chi connectivity index (χ1n) is 25.5. The number of nitrogens with two attached hydrogens (primary N) is 2. The molecule has 0 aliphatic heterocycles. The van der Waals surface area contributed by atoms with Gasteiger partial charge < -0.3 is 49.4 Å². The van der Waals surface area contributed by atoms with Crippen LogP contribution in [0.1, 0.15) is 178 Å². The molecule has 0 unspecified atom stereocenters. The summed E-state index contributed by atoms with van der Waals surface area (Å²) in [4.78, 5) is 28.7. The van der Waals surface area contributed by atoms with Gasteiger partial charge in [0.15, 0.2) is 23.0 Å². The van der Waals surface area contributed by atoms with Gasteiger partial charge >= 0.3 is 11.9 Å². The zero-order valence-electron chi connectivity index (χ0n) is 42.0. The zero-order chi connectivity index (χ0) is 48.9. The molecule has 4 aromatic carbocycles. The van der Waals surface area contributed by atoms with Gasteiger partial charge in [0.05, 0.1) is 50.8 Å². The Morgan fingerprint density at radius 2 is 0.618 bits per heavy atom. The zero-order valence-corrected chi connectivity index (χ0v) is 42.0. The third-order valence-corrected chi connectivity index (χ3v) is 11.2. The second-order valence-corrected chi connectivity index (χ2v) is 17.2. The highest BCUT2D eigenvalue weighted by molar-refractivity contribution is 5.96. The molecule has 4 aromatic rings. The van der Waals surface area contributed by atoms with E-state index in [1.54, 1.807) is 60.7 Å². The number of nitrogen functional groups attached to an aromatic ring is 2. The number of hydrogen-bond acceptors (Lipinski definition) is 12. The van der Waals surface area contributed by atoms with Gasteiger partial charge in [-0.1, -0.05) is 119 Å². The van der Waals surface area contributed by atoms with E-state index >= 15 is 0 Å². The summed E-state index contributed by atoms with van der Waals surface area (Å²) in [6, 6.07) is 16.5. The molecule has 0 atom stereocenters. The number of unbranched alkanes of at least 4 members (excludes halogenated alkanes) is 12. The van der Waals surface area contributed by atoms with E-state index in [1.807, 2.05) is 0 Å². The monoisotopic (exact) mass is 941 g/mol. The highest BCUT2D eigenvalue weighted by atomic mass is 16.6. The van der Waals surface area contributed by atoms with Crippen LogP contribution in [0.4, 0.5) is 11.4 Å². The lowest BCUT2D eigenvalue weighted by atomic mass is 10.0. The van der Waals surface area contributed by atoms with Crippen LogP contribution in [0.5, 0.6) is 46.0 Å². The molecule has 0 aliphatic rings. The van der Waals surface area contributed by atoms with Gasteiger partial charge in [0.25, 0.3) is 0 Å². The van der Waals surface area contributed by atoms with Crippen LogP contribution >= 0.6 is 0 Å². The van der Waals surface area contributed by atoms with Crippen LogP contribution in [0.15, 0.2) is 60.7 Å². The Kier molecular flexibility index (Phi) is 25.2. The Morgan fingerprint density at radius 3 is 0.882 bits per heavy atom. The van der Waals surface area contributed by atoms with Gasteiger partial charge in [-0.2, -0.15) is 0 Å². The third-order valence-electron chi connectivity index (χ3n) is 11.2. The molecule has 0 aliphatic carbocycles. The average Bonchev–Trinajstić information content (AvgIpc) is 3.33. The van der Waals surface area contributed by atoms with Crippen molar-refractivity contribution in [3.63, 3.8) is 0 Å². The van der Waals surface area contributed by atoms with Gasteiger partial charge in [0, 0.05) is 34.6 Å². The van der Waals surface area contributed by atoms with E-state index in [0.717, 1.165) is 116 Å². The predicted molar refractivity (Wildman–Crippen MR) is 274 cm³/mol. The average molecular weight is 941 g/mol. The Bertz CT molecular complexity index is 1910. The molecular weight excluding hydrogens is 861 g/mol. The molecule has 0 amide bonds. The second-order valence-electron chi connectivity index (χ2n) is 17.2. The Labute approximate surface area is 406 Å². The minimum atomic E-state index is -0.671. The maximum atomic E-state index is 14.3. The summed E-state index contributed by atoms with van der Waals surface area (Å²) in [6.07, 6.45) is 17.4. The van der Waals surface area contributed by atoms with Gasteiger partial charge in [-0.05, 0) is 87.1 Å². The first-order chi connectivity index (χ1) is 33.2. The lowest BCUT2D eigenvalue weighted by molar-refractivity contribution is 0.0722. The molecule has 0 saturated heterocycles. The van der Waals surface area contributed by atoms with Crippen LogP contribution in [-0.4, -0.2) is 51.6 Å². The van der Waals surface area contributed by atoms with Crippen LogP contribution in [0.2, 0.25) is 0 Å². The number of ether oxygens (including phenoxy) is 8. The number of hydrogen-bond donors (Lipinski definition) is 2. The lowest BCUT2D eigenvalue weighted by Crippen LogP contribution is -2.13. The summed E-state index contributed by atoms with van der Waals surface area (Å²) in [5.74, 6) is 1.55. The summed E-state index contributed by atoms with van der Waals surface area (Å²) < 4.78 is 50.3. The molecule has 0 radical (unpaired) electrons. The molecular formula is C56H80N2O10. The van der Waals surface area contributed by atoms with Crippen LogP contribution in [0.25, 0.3) is 11.1 Å². The van der Waals surface area contributed by atoms with E-state index < -0.39 is 11.9 Å². The minimum absolute atomic E-state index is 0.142. The first-order valence-corrected chi connectivity index (χ1v) is 25.5. The number of esters is 2. The van der Waals surface area contributed by atoms with Crippen molar-refractivity contribution in [2.24, 2.45) is 0 Å². The fourth-order valence-corrected chi connectivity index (χ4v) is 7.30. The van der Waals surface area contributed by atoms with Crippen molar-refractivity contribution in [3.8, 4) is 57.1 Å². The molecule has 4 rings (SSSR count). The van der Waals surface area contributed by atoms with Gasteiger partial charge in [0.1, 0.15) is 11.5 Å². The second kappa shape index (κ2) is 31.3. The molecule has 0 aromatic heterocycles. The SMILES string of the molecule is CCCCCOc1cc(C(=O)Oc2cc(N)ccc2-c2ccc(N)cc2OC(=O)c2cc(OCCCCC)c(OCCCCC)c(OCCCCC)c2)cc(OCCCCC)c1OCCCCC. The molecule has 0 heterocycles. The molecule has 4 N–H and O–H groups in total. The molecule has 0 saturated carbocycles. The predicted octanol–water partition coefficient (Wildman–Crippen LogP) is 14.4. The molecule has 68 heavy (non-hydrogen) atoms. The van der Waals surface area contributed by atoms with E-state index in [-0.39, 0.29) is 22.6 Å². The molecule has 0 spiro atoms. The van der Waals surface area contributed by atoms with Crippen molar-refractivity contribution in [3.05, 3.63) is 71.8 Å². The third kappa shape index (κ3) is 18.0. The largest absolute Gasteiger partial charge is 0.490 e. The maximum Gasteiger partial charge on any atom is 0.343 e. The molecule has 12 nitrogen and oxygen atoms in total. The van der Waals surface area contributed by atoms with E-state index in [0.29, 0.717) is 96.6 Å². The fourth-order valence-electron chi connectivity index (χ4n) is 7.30. The standard InChI is InChI=1S/C56H80N2O10/c1-7-13-19-29-61-49-35-41(36-50(62-30-20-14-8-2)53(49)65-33-23-17-11-5)55(59)67-47-39-43(57)25-27-45(47)46-28-26-44(58)40-48(46)68-56(60)42-37-51(63-31-21-15-9-3)54(66-34-24-18-12-6)52(38-42)64-32-22-16-10-4/h25-28,35-40H,7-24,29-34,57-58H2,1-6H3. The normalized spacial score (nSPS) is 11.0. The van der Waals surface area contributed by atoms with Crippen molar-refractivity contribution in [2.45, 2.75) is 157 Å². The number of anilines is 2. The van der Waals surface area contributed by atoms with Crippen molar-refractivity contribution in [1.82, 2.24) is 0 Å². The van der Waals surface area contributed by atoms with E-state index in [4.69, 9.17) is 49.4 Å². The molecule has 374 valence electrons. The highest BCUT2D eigenvalue weighted by Gasteiger charge is 2.25. The lowest BCUT2D eigenvalue weighted by Gasteiger charge is -2.20. The summed E-state index contributed by atoms with van der Waals surface area (Å²) in [5, 5.41) is 0. The summed E-state index contributed by atoms with van der Waals surface area (Å²) in [6.45, 7) is 15.6. The summed E-state index contributed by atoms with van der Waals surface area (Å²) >= 11 is 0. The van der Waals surface area contributed by atoms with E-state index in [1.165, 1.54) is 0 Å². The van der Waals surface area contributed by atoms with E-state index in [2.05, 4.69) is 41.5 Å². The smallest absolute Gasteiger partial charge is 0.343 e. The number of carbonyl (C=O) groups is 2. The topological polar surface area (TPSA) is 160 Å². The van der Waals surface area contributed by atoms with Gasteiger partial charge in [-0.15, -0.1) is 0 Å². The molecule has 0 bridgehead atoms. The van der Waals surface area contributed by atoms with Crippen molar-refractivity contribution >= 4 is 23.3 Å². The fraction of sp³-hybridized carbons (Fsp3) is 0.536. The number of carbonyl (C=O) groups excluding carboxylic acids is 2. The van der Waals surface area contributed by atoms with Crippen molar-refractivity contribution in [2.75, 3.05) is 51.1 Å². The van der Waals surface area contributed by atoms with Gasteiger partial charge in [0.2, 0.25) is 11.5 Å². The van der Waals surface area contributed by atoms with Crippen LogP contribution in [0, 0.1) is 0 Å². The maximum absolute atomic E-state index is 14.3. The van der Waals surface area contributed by atoms with Gasteiger partial charge in [-0.25, -0.2) is 9.59 Å². The Balaban J connectivity index is 1.74. The quantitative estimate of drug-likeness (QED) is 0.0195. The summed E-state index contributed by atoms with van der Waals surface area (Å²) in [7, 11) is 0. The Morgan fingerprint density at radius 1 is 0.353 bits per heavy atom. The number of benzene rings is 4. The first kappa shape index (κ1) is 54.8. The number of rotatable bonds is 35. The molecule has 0 fully saturated rings. The minimum Gasteiger partial charge on any atom is -0.490 e. The Hall–Kier alpha value is -5.78. The van der Waals surface area contributed by atoms with Crippen LogP contribution in [-0.2, 0) is 0 Å².